The van der Waals surface area contributed by atoms with Crippen LogP contribution in [0.1, 0.15) is 29.7 Å². The van der Waals surface area contributed by atoms with Crippen LogP contribution in [0.2, 0.25) is 0 Å². The molecule has 2 heterocycles. The predicted octanol–water partition coefficient (Wildman–Crippen LogP) is 3.99. The van der Waals surface area contributed by atoms with Crippen molar-refractivity contribution in [1.82, 2.24) is 19.7 Å². The highest BCUT2D eigenvalue weighted by molar-refractivity contribution is 5.91. The highest BCUT2D eigenvalue weighted by Crippen LogP contribution is 2.08. The van der Waals surface area contributed by atoms with Gasteiger partial charge in [-0.25, -0.2) is 9.59 Å². The molecule has 0 fully saturated rings. The second-order valence-electron chi connectivity index (χ2n) is 8.55. The van der Waals surface area contributed by atoms with E-state index in [2.05, 4.69) is 25.8 Å². The summed E-state index contributed by atoms with van der Waals surface area (Å²) in [5, 5.41) is 13.5. The number of rotatable bonds is 11. The number of hydrogen-bond donors (Lipinski definition) is 2. The first-order valence-electron chi connectivity index (χ1n) is 12.3. The number of amides is 2. The summed E-state index contributed by atoms with van der Waals surface area (Å²) in [6.45, 7) is 0.603. The summed E-state index contributed by atoms with van der Waals surface area (Å²) in [7, 11) is 0. The van der Waals surface area contributed by atoms with Gasteiger partial charge in [0.15, 0.2) is 5.82 Å². The summed E-state index contributed by atoms with van der Waals surface area (Å²) in [6.07, 6.45) is 3.38. The number of hydrogen-bond acceptors (Lipinski definition) is 7. The molecule has 10 nitrogen and oxygen atoms in total. The molecular formula is C28H28N6O4. The molecule has 2 aromatic heterocycles. The number of aromatic nitrogens is 4. The average Bonchev–Trinajstić information content (AvgIpc) is 2.93. The molecule has 0 aliphatic carbocycles. The Morgan fingerprint density at radius 3 is 2.21 bits per heavy atom. The molecule has 2 aromatic carbocycles. The van der Waals surface area contributed by atoms with Gasteiger partial charge in [0.25, 0.3) is 0 Å². The van der Waals surface area contributed by atoms with E-state index in [0.717, 1.165) is 29.7 Å². The first-order chi connectivity index (χ1) is 18.5. The van der Waals surface area contributed by atoms with E-state index in [0.29, 0.717) is 18.8 Å². The van der Waals surface area contributed by atoms with E-state index in [-0.39, 0.29) is 24.8 Å². The molecule has 2 amide bonds. The van der Waals surface area contributed by atoms with Gasteiger partial charge in [0.1, 0.15) is 12.4 Å². The monoisotopic (exact) mass is 512 g/mol. The Hall–Kier alpha value is -4.86. The first-order valence-corrected chi connectivity index (χ1v) is 12.3. The van der Waals surface area contributed by atoms with Crippen LogP contribution in [0.25, 0.3) is 0 Å². The third-order valence-corrected chi connectivity index (χ3v) is 5.59. The van der Waals surface area contributed by atoms with Crippen molar-refractivity contribution in [3.63, 3.8) is 0 Å². The maximum Gasteiger partial charge on any atom is 0.413 e. The minimum Gasteiger partial charge on any atom is -0.444 e. The van der Waals surface area contributed by atoms with E-state index in [4.69, 9.17) is 4.74 Å². The molecule has 0 radical (unpaired) electrons. The van der Waals surface area contributed by atoms with Gasteiger partial charge in [0.05, 0.1) is 12.1 Å². The second kappa shape index (κ2) is 13.4. The van der Waals surface area contributed by atoms with Crippen LogP contribution in [0.3, 0.4) is 0 Å². The smallest absolute Gasteiger partial charge is 0.413 e. The Balaban J connectivity index is 1.16. The number of anilines is 2. The van der Waals surface area contributed by atoms with E-state index < -0.39 is 11.8 Å². The molecule has 38 heavy (non-hydrogen) atoms. The molecule has 4 rings (SSSR count). The van der Waals surface area contributed by atoms with Crippen LogP contribution < -0.4 is 16.3 Å². The molecule has 0 atom stereocenters. The molecule has 0 aliphatic heterocycles. The molecule has 0 aliphatic rings. The van der Waals surface area contributed by atoms with Crippen LogP contribution in [-0.2, 0) is 35.5 Å². The SMILES string of the molecule is O=C(Cc1ccccc1)Nc1ccc(CCCCn2ccc(NC(=O)OCc3ccccc3)nc2=O)nn1. The fraction of sp³-hybridized carbons (Fsp3) is 0.214. The van der Waals surface area contributed by atoms with Crippen molar-refractivity contribution < 1.29 is 14.3 Å². The van der Waals surface area contributed by atoms with Crippen LogP contribution >= 0.6 is 0 Å². The standard InChI is InChI=1S/C28H28N6O4/c35-26(19-21-9-3-1-4-10-21)29-25-15-14-23(32-33-25)13-7-8-17-34-18-16-24(30-27(34)36)31-28(37)38-20-22-11-5-2-6-12-22/h1-6,9-12,14-16,18H,7-8,13,17,19-20H2,(H,29,33,35)(H,30,31,36,37). The first kappa shape index (κ1) is 26.2. The van der Waals surface area contributed by atoms with Crippen molar-refractivity contribution in [3.05, 3.63) is 112 Å². The number of carbonyl (C=O) groups excluding carboxylic acids is 2. The van der Waals surface area contributed by atoms with Crippen molar-refractivity contribution in [3.8, 4) is 0 Å². The molecular weight excluding hydrogens is 484 g/mol. The zero-order valence-electron chi connectivity index (χ0n) is 20.7. The summed E-state index contributed by atoms with van der Waals surface area (Å²) < 4.78 is 6.63. The van der Waals surface area contributed by atoms with E-state index in [1.807, 2.05) is 66.7 Å². The predicted molar refractivity (Wildman–Crippen MR) is 142 cm³/mol. The Bertz CT molecular complexity index is 1390. The lowest BCUT2D eigenvalue weighted by Crippen LogP contribution is -2.25. The van der Waals surface area contributed by atoms with Gasteiger partial charge in [0.2, 0.25) is 5.91 Å². The highest BCUT2D eigenvalue weighted by atomic mass is 16.5. The molecule has 10 heteroatoms. The van der Waals surface area contributed by atoms with Crippen molar-refractivity contribution in [2.24, 2.45) is 0 Å². The van der Waals surface area contributed by atoms with Gasteiger partial charge in [-0.1, -0.05) is 60.7 Å². The summed E-state index contributed by atoms with van der Waals surface area (Å²) in [4.78, 5) is 40.3. The molecule has 0 saturated carbocycles. The zero-order valence-corrected chi connectivity index (χ0v) is 20.7. The minimum absolute atomic E-state index is 0.125. The number of benzene rings is 2. The number of nitrogens with zero attached hydrogens (tertiary/aromatic N) is 4. The number of ether oxygens (including phenoxy) is 1. The van der Waals surface area contributed by atoms with Gasteiger partial charge < -0.3 is 10.1 Å². The van der Waals surface area contributed by atoms with Gasteiger partial charge in [-0.2, -0.15) is 10.1 Å². The fourth-order valence-electron chi connectivity index (χ4n) is 3.65. The Morgan fingerprint density at radius 2 is 1.53 bits per heavy atom. The third kappa shape index (κ3) is 8.37. The van der Waals surface area contributed by atoms with Gasteiger partial charge in [0, 0.05) is 12.7 Å². The van der Waals surface area contributed by atoms with Gasteiger partial charge >= 0.3 is 11.8 Å². The largest absolute Gasteiger partial charge is 0.444 e. The van der Waals surface area contributed by atoms with Crippen LogP contribution in [-0.4, -0.2) is 31.7 Å². The van der Waals surface area contributed by atoms with Crippen LogP contribution in [0, 0.1) is 0 Å². The maximum atomic E-state index is 12.3. The Morgan fingerprint density at radius 1 is 0.789 bits per heavy atom. The Kier molecular flexibility index (Phi) is 9.28. The van der Waals surface area contributed by atoms with Crippen LogP contribution in [0.4, 0.5) is 16.4 Å². The lowest BCUT2D eigenvalue weighted by molar-refractivity contribution is -0.115. The summed E-state index contributed by atoms with van der Waals surface area (Å²) in [5.41, 5.74) is 2.13. The average molecular weight is 513 g/mol. The van der Waals surface area contributed by atoms with Gasteiger partial charge in [-0.05, 0) is 48.6 Å². The summed E-state index contributed by atoms with van der Waals surface area (Å²) >= 11 is 0. The second-order valence-corrected chi connectivity index (χ2v) is 8.55. The molecule has 0 unspecified atom stereocenters. The number of carbonyl (C=O) groups is 2. The van der Waals surface area contributed by atoms with Gasteiger partial charge in [-0.3, -0.25) is 14.7 Å². The topological polar surface area (TPSA) is 128 Å². The van der Waals surface area contributed by atoms with Crippen LogP contribution in [0.15, 0.2) is 89.9 Å². The zero-order chi connectivity index (χ0) is 26.6. The van der Waals surface area contributed by atoms with Crippen molar-refractivity contribution in [2.45, 2.75) is 38.8 Å². The van der Waals surface area contributed by atoms with Crippen LogP contribution in [0.5, 0.6) is 0 Å². The fourth-order valence-corrected chi connectivity index (χ4v) is 3.65. The van der Waals surface area contributed by atoms with E-state index in [1.165, 1.54) is 4.57 Å². The molecule has 4 aromatic rings. The Labute approximate surface area is 219 Å². The van der Waals surface area contributed by atoms with Crippen molar-refractivity contribution in [2.75, 3.05) is 10.6 Å². The highest BCUT2D eigenvalue weighted by Gasteiger charge is 2.08. The van der Waals surface area contributed by atoms with Gasteiger partial charge in [-0.15, -0.1) is 5.10 Å². The molecule has 2 N–H and O–H groups in total. The molecule has 0 spiro atoms. The quantitative estimate of drug-likeness (QED) is 0.291. The lowest BCUT2D eigenvalue weighted by atomic mass is 10.1. The number of aryl methyl sites for hydroxylation is 2. The maximum absolute atomic E-state index is 12.3. The van der Waals surface area contributed by atoms with E-state index in [9.17, 15) is 14.4 Å². The summed E-state index contributed by atoms with van der Waals surface area (Å²) in [6, 6.07) is 23.9. The lowest BCUT2D eigenvalue weighted by Gasteiger charge is -2.08. The third-order valence-electron chi connectivity index (χ3n) is 5.59. The normalized spacial score (nSPS) is 10.5. The molecule has 194 valence electrons. The van der Waals surface area contributed by atoms with Crippen molar-refractivity contribution in [1.29, 1.82) is 0 Å². The number of nitrogens with one attached hydrogen (secondary N) is 2. The van der Waals surface area contributed by atoms with E-state index in [1.54, 1.807) is 18.3 Å². The van der Waals surface area contributed by atoms with E-state index >= 15 is 0 Å². The van der Waals surface area contributed by atoms with Crippen molar-refractivity contribution >= 4 is 23.6 Å². The minimum atomic E-state index is -0.679. The summed E-state index contributed by atoms with van der Waals surface area (Å²) in [5.74, 6) is 0.392. The number of unbranched alkanes of at least 4 members (excludes halogenated alkanes) is 1. The molecule has 0 saturated heterocycles. The molecule has 0 bridgehead atoms.